The van der Waals surface area contributed by atoms with Crippen LogP contribution in [0.2, 0.25) is 0 Å². The molecule has 2 aromatic rings. The van der Waals surface area contributed by atoms with Gasteiger partial charge in [0.15, 0.2) is 0 Å². The number of hydrogen-bond acceptors (Lipinski definition) is 4. The molecule has 1 fully saturated rings. The molecule has 0 saturated carbocycles. The highest BCUT2D eigenvalue weighted by Crippen LogP contribution is 2.22. The van der Waals surface area contributed by atoms with E-state index in [1.165, 1.54) is 0 Å². The lowest BCUT2D eigenvalue weighted by Gasteiger charge is -2.36. The van der Waals surface area contributed by atoms with Gasteiger partial charge in [0.1, 0.15) is 0 Å². The van der Waals surface area contributed by atoms with Gasteiger partial charge < -0.3 is 14.8 Å². The van der Waals surface area contributed by atoms with E-state index in [4.69, 9.17) is 0 Å². The molecule has 126 valence electrons. The van der Waals surface area contributed by atoms with Crippen molar-refractivity contribution in [3.05, 3.63) is 48.8 Å². The summed E-state index contributed by atoms with van der Waals surface area (Å²) in [5, 5.41) is 3.35. The molecule has 1 aliphatic heterocycles. The lowest BCUT2D eigenvalue weighted by atomic mass is 10.0. The summed E-state index contributed by atoms with van der Waals surface area (Å²) in [5.41, 5.74) is 1.08. The number of aryl methyl sites for hydroxylation is 1. The van der Waals surface area contributed by atoms with Crippen molar-refractivity contribution in [2.75, 3.05) is 19.6 Å². The Morgan fingerprint density at radius 3 is 2.87 bits per heavy atom. The predicted octanol–water partition coefficient (Wildman–Crippen LogP) is 1.68. The van der Waals surface area contributed by atoms with Crippen molar-refractivity contribution in [3.63, 3.8) is 0 Å². The Balaban J connectivity index is 0.00000132. The largest absolute Gasteiger partial charge is 0.337 e. The molecule has 0 radical (unpaired) electrons. The number of rotatable bonds is 4. The highest BCUT2D eigenvalue weighted by Gasteiger charge is 2.27. The number of halogens is 2. The maximum absolute atomic E-state index is 12.5. The molecule has 3 heterocycles. The van der Waals surface area contributed by atoms with Gasteiger partial charge in [0, 0.05) is 57.4 Å². The van der Waals surface area contributed by atoms with Crippen LogP contribution in [-0.4, -0.2) is 45.0 Å². The highest BCUT2D eigenvalue weighted by molar-refractivity contribution is 5.85. The summed E-state index contributed by atoms with van der Waals surface area (Å²) in [7, 11) is 0. The Bertz CT molecular complexity index is 579. The summed E-state index contributed by atoms with van der Waals surface area (Å²) in [6.07, 6.45) is 9.44. The number of amides is 1. The molecular weight excluding hydrogens is 337 g/mol. The number of nitrogens with zero attached hydrogens (tertiary/aromatic N) is 4. The molecule has 1 atom stereocenters. The van der Waals surface area contributed by atoms with Crippen LogP contribution in [0.5, 0.6) is 0 Å². The maximum atomic E-state index is 12.5. The molecule has 0 spiro atoms. The first-order valence-electron chi connectivity index (χ1n) is 7.20. The molecule has 8 heteroatoms. The van der Waals surface area contributed by atoms with E-state index in [-0.39, 0.29) is 36.8 Å². The van der Waals surface area contributed by atoms with Gasteiger partial charge in [-0.25, -0.2) is 4.98 Å². The zero-order valence-corrected chi connectivity index (χ0v) is 14.3. The van der Waals surface area contributed by atoms with Crippen LogP contribution in [0.4, 0.5) is 0 Å². The molecule has 3 rings (SSSR count). The van der Waals surface area contributed by atoms with Crippen LogP contribution in [0.3, 0.4) is 0 Å². The van der Waals surface area contributed by atoms with Crippen molar-refractivity contribution in [3.8, 4) is 0 Å². The van der Waals surface area contributed by atoms with Gasteiger partial charge in [-0.3, -0.25) is 9.78 Å². The van der Waals surface area contributed by atoms with Crippen LogP contribution in [0, 0.1) is 0 Å². The fourth-order valence-corrected chi connectivity index (χ4v) is 2.66. The smallest absolute Gasteiger partial charge is 0.224 e. The molecule has 1 saturated heterocycles. The van der Waals surface area contributed by atoms with Crippen molar-refractivity contribution < 1.29 is 4.79 Å². The average molecular weight is 358 g/mol. The first-order chi connectivity index (χ1) is 10.3. The maximum Gasteiger partial charge on any atom is 0.224 e. The molecular formula is C15H21Cl2N5O. The van der Waals surface area contributed by atoms with E-state index >= 15 is 0 Å². The number of imidazole rings is 1. The minimum absolute atomic E-state index is 0. The summed E-state index contributed by atoms with van der Waals surface area (Å²) in [6.45, 7) is 3.03. The second kappa shape index (κ2) is 9.50. The van der Waals surface area contributed by atoms with Crippen molar-refractivity contribution in [1.82, 2.24) is 24.8 Å². The molecule has 6 nitrogen and oxygen atoms in total. The Morgan fingerprint density at radius 1 is 1.30 bits per heavy atom. The van der Waals surface area contributed by atoms with E-state index in [1.807, 2.05) is 34.0 Å². The number of aromatic nitrogens is 3. The zero-order chi connectivity index (χ0) is 14.5. The van der Waals surface area contributed by atoms with Crippen molar-refractivity contribution in [2.24, 2.45) is 0 Å². The number of hydrogen-bond donors (Lipinski definition) is 1. The van der Waals surface area contributed by atoms with E-state index in [9.17, 15) is 4.79 Å². The monoisotopic (exact) mass is 357 g/mol. The van der Waals surface area contributed by atoms with Crippen molar-refractivity contribution >= 4 is 30.7 Å². The first kappa shape index (κ1) is 19.4. The molecule has 23 heavy (non-hydrogen) atoms. The summed E-state index contributed by atoms with van der Waals surface area (Å²) < 4.78 is 1.93. The van der Waals surface area contributed by atoms with Gasteiger partial charge in [0.25, 0.3) is 0 Å². The summed E-state index contributed by atoms with van der Waals surface area (Å²) in [5.74, 6) is 0.180. The lowest BCUT2D eigenvalue weighted by molar-refractivity contribution is -0.134. The van der Waals surface area contributed by atoms with E-state index in [0.29, 0.717) is 13.0 Å². The Morgan fingerprint density at radius 2 is 2.17 bits per heavy atom. The fraction of sp³-hybridized carbons (Fsp3) is 0.400. The number of pyridine rings is 1. The summed E-state index contributed by atoms with van der Waals surface area (Å²) in [4.78, 5) is 22.6. The third-order valence-electron chi connectivity index (χ3n) is 3.78. The highest BCUT2D eigenvalue weighted by atomic mass is 35.5. The Hall–Kier alpha value is -1.63. The Kier molecular flexibility index (Phi) is 8.02. The minimum atomic E-state index is 0. The molecule has 0 aliphatic carbocycles. The van der Waals surface area contributed by atoms with Gasteiger partial charge in [0.05, 0.1) is 12.4 Å². The van der Waals surface area contributed by atoms with Gasteiger partial charge >= 0.3 is 0 Å². The lowest BCUT2D eigenvalue weighted by Crippen LogP contribution is -2.48. The number of piperazine rings is 1. The van der Waals surface area contributed by atoms with Crippen LogP contribution < -0.4 is 5.32 Å². The summed E-state index contributed by atoms with van der Waals surface area (Å²) in [6, 6.07) is 4.02. The standard InChI is InChI=1S/C15H19N5O.2ClH/c21-15(3-7-19-8-5-18-12-19)20-9-6-17-11-14(20)13-2-1-4-16-10-13;;/h1-2,4-5,8,10,12,14,17H,3,6-7,9,11H2;2*1H. The van der Waals surface area contributed by atoms with Crippen molar-refractivity contribution in [1.29, 1.82) is 0 Å². The van der Waals surface area contributed by atoms with Crippen LogP contribution in [0.25, 0.3) is 0 Å². The SMILES string of the molecule is Cl.Cl.O=C(CCn1ccnc1)N1CCNCC1c1cccnc1. The second-order valence-corrected chi connectivity index (χ2v) is 5.14. The molecule has 0 bridgehead atoms. The van der Waals surface area contributed by atoms with Gasteiger partial charge in [-0.15, -0.1) is 24.8 Å². The zero-order valence-electron chi connectivity index (χ0n) is 12.7. The van der Waals surface area contributed by atoms with Gasteiger partial charge in [-0.05, 0) is 11.6 Å². The van der Waals surface area contributed by atoms with E-state index in [0.717, 1.165) is 25.2 Å². The van der Waals surface area contributed by atoms with E-state index in [2.05, 4.69) is 15.3 Å². The molecule has 1 N–H and O–H groups in total. The van der Waals surface area contributed by atoms with Crippen LogP contribution in [-0.2, 0) is 11.3 Å². The van der Waals surface area contributed by atoms with Crippen LogP contribution >= 0.6 is 24.8 Å². The van der Waals surface area contributed by atoms with E-state index < -0.39 is 0 Å². The molecule has 1 amide bonds. The molecule has 1 unspecified atom stereocenters. The number of nitrogens with one attached hydrogen (secondary N) is 1. The number of carbonyl (C=O) groups is 1. The predicted molar refractivity (Wildman–Crippen MR) is 92.9 cm³/mol. The van der Waals surface area contributed by atoms with E-state index in [1.54, 1.807) is 18.7 Å². The third kappa shape index (κ3) is 4.92. The molecule has 0 aromatic carbocycles. The average Bonchev–Trinajstić information content (AvgIpc) is 3.07. The van der Waals surface area contributed by atoms with Crippen molar-refractivity contribution in [2.45, 2.75) is 19.0 Å². The first-order valence-corrected chi connectivity index (χ1v) is 7.20. The summed E-state index contributed by atoms with van der Waals surface area (Å²) >= 11 is 0. The topological polar surface area (TPSA) is 63.1 Å². The Labute approximate surface area is 148 Å². The third-order valence-corrected chi connectivity index (χ3v) is 3.78. The minimum Gasteiger partial charge on any atom is -0.337 e. The fourth-order valence-electron chi connectivity index (χ4n) is 2.66. The van der Waals surface area contributed by atoms with Gasteiger partial charge in [0.2, 0.25) is 5.91 Å². The van der Waals surface area contributed by atoms with Gasteiger partial charge in [-0.2, -0.15) is 0 Å². The quantitative estimate of drug-likeness (QED) is 0.904. The normalized spacial score (nSPS) is 17.0. The van der Waals surface area contributed by atoms with Crippen LogP contribution in [0.1, 0.15) is 18.0 Å². The second-order valence-electron chi connectivity index (χ2n) is 5.14. The van der Waals surface area contributed by atoms with Crippen LogP contribution in [0.15, 0.2) is 43.2 Å². The molecule has 1 aliphatic rings. The molecule has 2 aromatic heterocycles. The van der Waals surface area contributed by atoms with Gasteiger partial charge in [-0.1, -0.05) is 6.07 Å². The number of carbonyl (C=O) groups excluding carboxylic acids is 1.